The predicted octanol–water partition coefficient (Wildman–Crippen LogP) is -2.53. The van der Waals surface area contributed by atoms with Crippen molar-refractivity contribution >= 4 is 17.6 Å². The van der Waals surface area contributed by atoms with Crippen LogP contribution in [0.1, 0.15) is 23.1 Å². The van der Waals surface area contributed by atoms with E-state index in [2.05, 4.69) is 12.4 Å². The predicted molar refractivity (Wildman–Crippen MR) is 90.0 cm³/mol. The summed E-state index contributed by atoms with van der Waals surface area (Å²) in [4.78, 5) is 26.3. The second-order valence-corrected chi connectivity index (χ2v) is 7.01. The van der Waals surface area contributed by atoms with E-state index in [1.54, 1.807) is 0 Å². The van der Waals surface area contributed by atoms with Gasteiger partial charge in [-0.25, -0.2) is 0 Å². The molecule has 2 rings (SSSR count). The third-order valence-electron chi connectivity index (χ3n) is 4.85. The molecule has 6 nitrogen and oxygen atoms in total. The van der Waals surface area contributed by atoms with Crippen LogP contribution in [-0.4, -0.2) is 51.1 Å². The lowest BCUT2D eigenvalue weighted by atomic mass is 10.0. The Labute approximate surface area is 143 Å². The van der Waals surface area contributed by atoms with Crippen molar-refractivity contribution in [1.29, 1.82) is 0 Å². The Morgan fingerprint density at radius 3 is 2.17 bits per heavy atom. The molecule has 1 aliphatic heterocycles. The fourth-order valence-corrected chi connectivity index (χ4v) is 3.49. The summed E-state index contributed by atoms with van der Waals surface area (Å²) in [6.07, 6.45) is -0.0521. The van der Waals surface area contributed by atoms with E-state index < -0.39 is 12.0 Å². The van der Waals surface area contributed by atoms with Crippen molar-refractivity contribution in [3.8, 4) is 0 Å². The average molecular weight is 334 g/mol. The average Bonchev–Trinajstić information content (AvgIpc) is 2.49. The summed E-state index contributed by atoms with van der Waals surface area (Å²) >= 11 is 0. The molecule has 0 aromatic heterocycles. The summed E-state index contributed by atoms with van der Waals surface area (Å²) in [5.41, 5.74) is 3.89. The van der Waals surface area contributed by atoms with Gasteiger partial charge in [0.15, 0.2) is 0 Å². The van der Waals surface area contributed by atoms with Crippen molar-refractivity contribution < 1.29 is 24.5 Å². The van der Waals surface area contributed by atoms with Crippen molar-refractivity contribution in [2.45, 2.75) is 33.2 Å². The van der Waals surface area contributed by atoms with E-state index in [4.69, 9.17) is 0 Å². The molecule has 1 fully saturated rings. The highest BCUT2D eigenvalue weighted by Crippen LogP contribution is 2.22. The third kappa shape index (κ3) is 4.55. The van der Waals surface area contributed by atoms with Crippen LogP contribution in [0, 0.1) is 20.8 Å². The van der Waals surface area contributed by atoms with Crippen LogP contribution in [0.3, 0.4) is 0 Å². The number of nitrogens with one attached hydrogen (secondary N) is 3. The van der Waals surface area contributed by atoms with E-state index in [1.165, 1.54) is 4.90 Å². The largest absolute Gasteiger partial charge is 0.544 e. The highest BCUT2D eigenvalue weighted by atomic mass is 16.4. The Bertz CT molecular complexity index is 599. The van der Waals surface area contributed by atoms with E-state index in [0.29, 0.717) is 0 Å². The highest BCUT2D eigenvalue weighted by molar-refractivity contribution is 5.94. The van der Waals surface area contributed by atoms with E-state index >= 15 is 0 Å². The van der Waals surface area contributed by atoms with Crippen LogP contribution in [0.2, 0.25) is 0 Å². The fourth-order valence-electron chi connectivity index (χ4n) is 3.49. The molecule has 1 saturated heterocycles. The van der Waals surface area contributed by atoms with E-state index in [1.807, 2.05) is 32.9 Å². The number of likely N-dealkylation sites (N-methyl/N-ethyl adjacent to an activating group) is 1. The van der Waals surface area contributed by atoms with Crippen LogP contribution >= 0.6 is 0 Å². The number of quaternary nitrogens is 2. The molecule has 0 radical (unpaired) electrons. The zero-order valence-corrected chi connectivity index (χ0v) is 15.0. The van der Waals surface area contributed by atoms with Crippen molar-refractivity contribution in [3.63, 3.8) is 0 Å². The lowest BCUT2D eigenvalue weighted by Crippen LogP contribution is -3.29. The van der Waals surface area contributed by atoms with Gasteiger partial charge in [0, 0.05) is 5.69 Å². The Balaban J connectivity index is 2.05. The summed E-state index contributed by atoms with van der Waals surface area (Å²) in [7, 11) is 2.10. The number of carboxylic acid groups (broad SMARTS) is 1. The van der Waals surface area contributed by atoms with Gasteiger partial charge < -0.3 is 25.0 Å². The van der Waals surface area contributed by atoms with Crippen molar-refractivity contribution in [3.05, 3.63) is 28.8 Å². The number of piperazine rings is 1. The maximum atomic E-state index is 12.4. The maximum absolute atomic E-state index is 12.4. The molecule has 1 atom stereocenters. The van der Waals surface area contributed by atoms with Gasteiger partial charge in [0.05, 0.1) is 19.4 Å². The zero-order chi connectivity index (χ0) is 17.9. The Morgan fingerprint density at radius 2 is 1.67 bits per heavy atom. The number of anilines is 1. The summed E-state index contributed by atoms with van der Waals surface area (Å²) < 4.78 is 0. The van der Waals surface area contributed by atoms with Gasteiger partial charge in [-0.1, -0.05) is 17.7 Å². The number of hydrogen-bond donors (Lipinski definition) is 3. The molecule has 1 aliphatic rings. The van der Waals surface area contributed by atoms with Crippen molar-refractivity contribution in [1.82, 2.24) is 0 Å². The summed E-state index contributed by atoms with van der Waals surface area (Å²) in [5.74, 6) is -1.41. The van der Waals surface area contributed by atoms with Crippen molar-refractivity contribution in [2.24, 2.45) is 0 Å². The summed E-state index contributed by atoms with van der Waals surface area (Å²) in [6, 6.07) is 3.23. The molecule has 1 aromatic rings. The first kappa shape index (κ1) is 18.4. The molecule has 24 heavy (non-hydrogen) atoms. The molecular weight excluding hydrogens is 306 g/mol. The molecule has 3 N–H and O–H groups in total. The second kappa shape index (κ2) is 7.77. The fraction of sp³-hybridized carbons (Fsp3) is 0.556. The number of carboxylic acids is 1. The number of aryl methyl sites for hydroxylation is 3. The second-order valence-electron chi connectivity index (χ2n) is 7.01. The minimum atomic E-state index is -1.14. The Hall–Kier alpha value is -1.92. The number of carbonyl (C=O) groups excluding carboxylic acids is 2. The number of carbonyl (C=O) groups is 2. The molecule has 0 saturated carbocycles. The molecule has 0 unspecified atom stereocenters. The molecular formula is C18H28N3O3+. The van der Waals surface area contributed by atoms with Gasteiger partial charge >= 0.3 is 0 Å². The number of benzene rings is 1. The Kier molecular flexibility index (Phi) is 5.96. The van der Waals surface area contributed by atoms with Gasteiger partial charge in [-0.15, -0.1) is 0 Å². The topological polar surface area (TPSA) is 78.1 Å². The van der Waals surface area contributed by atoms with Crippen LogP contribution in [-0.2, 0) is 9.59 Å². The molecule has 6 heteroatoms. The maximum Gasteiger partial charge on any atom is 0.230 e. The SMILES string of the molecule is Cc1cc(C)c(NC(=O)C[C@@H](C(=O)[O-])[NH+]2CC[NH+](C)CC2)c(C)c1. The standard InChI is InChI=1S/C18H27N3O3/c1-12-9-13(2)17(14(3)10-12)19-16(22)11-15(18(23)24)21-7-5-20(4)6-8-21/h9-10,15H,5-8,11H2,1-4H3,(H,19,22)(H,23,24)/p+1/t15-/m0/s1. The molecule has 1 amide bonds. The van der Waals surface area contributed by atoms with Crippen LogP contribution < -0.4 is 20.2 Å². The molecule has 0 aliphatic carbocycles. The first-order valence-corrected chi connectivity index (χ1v) is 8.52. The van der Waals surface area contributed by atoms with Gasteiger partial charge in [0.1, 0.15) is 32.2 Å². The van der Waals surface area contributed by atoms with Gasteiger partial charge in [0.25, 0.3) is 0 Å². The molecule has 1 heterocycles. The molecule has 132 valence electrons. The zero-order valence-electron chi connectivity index (χ0n) is 15.0. The van der Waals surface area contributed by atoms with Gasteiger partial charge in [-0.2, -0.15) is 0 Å². The monoisotopic (exact) mass is 334 g/mol. The number of rotatable bonds is 5. The molecule has 0 spiro atoms. The van der Waals surface area contributed by atoms with Crippen LogP contribution in [0.25, 0.3) is 0 Å². The van der Waals surface area contributed by atoms with E-state index in [0.717, 1.165) is 53.5 Å². The van der Waals surface area contributed by atoms with Crippen LogP contribution in [0.15, 0.2) is 12.1 Å². The third-order valence-corrected chi connectivity index (χ3v) is 4.85. The van der Waals surface area contributed by atoms with E-state index in [-0.39, 0.29) is 12.3 Å². The van der Waals surface area contributed by atoms with Crippen LogP contribution in [0.4, 0.5) is 5.69 Å². The smallest absolute Gasteiger partial charge is 0.230 e. The van der Waals surface area contributed by atoms with Crippen LogP contribution in [0.5, 0.6) is 0 Å². The van der Waals surface area contributed by atoms with Gasteiger partial charge in [0.2, 0.25) is 5.91 Å². The number of aliphatic carboxylic acids is 1. The van der Waals surface area contributed by atoms with Gasteiger partial charge in [-0.3, -0.25) is 4.79 Å². The first-order valence-electron chi connectivity index (χ1n) is 8.52. The highest BCUT2D eigenvalue weighted by Gasteiger charge is 2.31. The molecule has 1 aromatic carbocycles. The lowest BCUT2D eigenvalue weighted by molar-refractivity contribution is -1.01. The quantitative estimate of drug-likeness (QED) is 0.556. The van der Waals surface area contributed by atoms with Crippen molar-refractivity contribution in [2.75, 3.05) is 38.5 Å². The number of amides is 1. The first-order chi connectivity index (χ1) is 11.3. The minimum absolute atomic E-state index is 0.0521. The van der Waals surface area contributed by atoms with E-state index in [9.17, 15) is 14.7 Å². The number of hydrogen-bond acceptors (Lipinski definition) is 3. The van der Waals surface area contributed by atoms with Gasteiger partial charge in [-0.05, 0) is 31.9 Å². The minimum Gasteiger partial charge on any atom is -0.544 e. The normalized spacial score (nSPS) is 22.0. The summed E-state index contributed by atoms with van der Waals surface area (Å²) in [5, 5.41) is 14.4. The lowest BCUT2D eigenvalue weighted by Gasteiger charge is -2.33. The molecule has 0 bridgehead atoms. The summed E-state index contributed by atoms with van der Waals surface area (Å²) in [6.45, 7) is 9.23. The Morgan fingerprint density at radius 1 is 1.12 bits per heavy atom.